The van der Waals surface area contributed by atoms with Crippen LogP contribution in [-0.2, 0) is 14.3 Å². The van der Waals surface area contributed by atoms with Crippen molar-refractivity contribution in [3.8, 4) is 0 Å². The van der Waals surface area contributed by atoms with Crippen LogP contribution in [0.4, 0.5) is 8.78 Å². The molecule has 1 heterocycles. The number of cyclic esters (lactones) is 2. The fourth-order valence-electron chi connectivity index (χ4n) is 1.94. The zero-order valence-corrected chi connectivity index (χ0v) is 6.76. The highest BCUT2D eigenvalue weighted by Gasteiger charge is 2.50. The van der Waals surface area contributed by atoms with Crippen LogP contribution >= 0.6 is 0 Å². The molecule has 13 heavy (non-hydrogen) atoms. The average Bonchev–Trinajstić information content (AvgIpc) is 1.98. The molecule has 1 saturated carbocycles. The van der Waals surface area contributed by atoms with Crippen LogP contribution in [0.3, 0.4) is 0 Å². The molecule has 1 aliphatic heterocycles. The van der Waals surface area contributed by atoms with E-state index in [2.05, 4.69) is 4.74 Å². The van der Waals surface area contributed by atoms with Crippen molar-refractivity contribution < 1.29 is 23.1 Å². The highest BCUT2D eigenvalue weighted by molar-refractivity contribution is 5.91. The molecule has 2 aliphatic rings. The molecule has 2 atom stereocenters. The third kappa shape index (κ3) is 1.43. The molecular formula is C8H8F2O3. The van der Waals surface area contributed by atoms with Crippen LogP contribution in [0.25, 0.3) is 0 Å². The van der Waals surface area contributed by atoms with Crippen molar-refractivity contribution in [3.05, 3.63) is 0 Å². The van der Waals surface area contributed by atoms with E-state index in [0.717, 1.165) is 0 Å². The largest absolute Gasteiger partial charge is 0.393 e. The Morgan fingerprint density at radius 2 is 1.62 bits per heavy atom. The molecule has 0 aromatic heterocycles. The predicted molar refractivity (Wildman–Crippen MR) is 36.9 cm³/mol. The highest BCUT2D eigenvalue weighted by Crippen LogP contribution is 2.43. The van der Waals surface area contributed by atoms with E-state index in [-0.39, 0.29) is 6.42 Å². The van der Waals surface area contributed by atoms with E-state index in [9.17, 15) is 18.4 Å². The lowest BCUT2D eigenvalue weighted by Gasteiger charge is -2.35. The van der Waals surface area contributed by atoms with Gasteiger partial charge in [-0.3, -0.25) is 9.59 Å². The molecule has 1 saturated heterocycles. The first-order valence-corrected chi connectivity index (χ1v) is 4.11. The van der Waals surface area contributed by atoms with Gasteiger partial charge in [-0.25, -0.2) is 8.78 Å². The van der Waals surface area contributed by atoms with Crippen molar-refractivity contribution in [1.82, 2.24) is 0 Å². The van der Waals surface area contributed by atoms with Crippen molar-refractivity contribution in [1.29, 1.82) is 0 Å². The van der Waals surface area contributed by atoms with Crippen LogP contribution < -0.4 is 0 Å². The van der Waals surface area contributed by atoms with Gasteiger partial charge in [0, 0.05) is 12.8 Å². The Balaban J connectivity index is 2.23. The van der Waals surface area contributed by atoms with Gasteiger partial charge in [-0.1, -0.05) is 0 Å². The van der Waals surface area contributed by atoms with E-state index >= 15 is 0 Å². The van der Waals surface area contributed by atoms with Gasteiger partial charge in [0.2, 0.25) is 5.92 Å². The third-order valence-electron chi connectivity index (χ3n) is 2.53. The minimum absolute atomic E-state index is 0.229. The molecule has 0 spiro atoms. The van der Waals surface area contributed by atoms with Crippen molar-refractivity contribution in [2.45, 2.75) is 25.2 Å². The summed E-state index contributed by atoms with van der Waals surface area (Å²) in [5, 5.41) is 0. The molecule has 2 rings (SSSR count). The molecule has 2 fully saturated rings. The van der Waals surface area contributed by atoms with Gasteiger partial charge in [0.15, 0.2) is 0 Å². The number of halogens is 2. The second kappa shape index (κ2) is 2.49. The zero-order valence-electron chi connectivity index (χ0n) is 6.76. The first-order chi connectivity index (χ1) is 5.98. The number of alkyl halides is 2. The number of hydrogen-bond donors (Lipinski definition) is 0. The summed E-state index contributed by atoms with van der Waals surface area (Å²) in [5.74, 6) is -6.04. The normalized spacial score (nSPS) is 37.1. The van der Waals surface area contributed by atoms with E-state index in [4.69, 9.17) is 0 Å². The molecule has 0 radical (unpaired) electrons. The Morgan fingerprint density at radius 3 is 2.08 bits per heavy atom. The minimum atomic E-state index is -2.89. The predicted octanol–water partition coefficient (Wildman–Crippen LogP) is 1.12. The molecule has 72 valence electrons. The van der Waals surface area contributed by atoms with Crippen molar-refractivity contribution in [2.24, 2.45) is 11.8 Å². The molecule has 0 amide bonds. The van der Waals surface area contributed by atoms with Gasteiger partial charge in [-0.05, 0) is 6.42 Å². The van der Waals surface area contributed by atoms with Gasteiger partial charge in [-0.15, -0.1) is 0 Å². The Morgan fingerprint density at radius 1 is 1.15 bits per heavy atom. The molecule has 5 heteroatoms. The summed E-state index contributed by atoms with van der Waals surface area (Å²) < 4.78 is 30.2. The second-order valence-electron chi connectivity index (χ2n) is 3.63. The smallest absolute Gasteiger partial charge is 0.316 e. The summed E-state index contributed by atoms with van der Waals surface area (Å²) in [4.78, 5) is 21.9. The summed E-state index contributed by atoms with van der Waals surface area (Å²) in [5.41, 5.74) is 0. The summed E-state index contributed by atoms with van der Waals surface area (Å²) >= 11 is 0. The first-order valence-electron chi connectivity index (χ1n) is 4.11. The number of carbonyl (C=O) groups excluding carboxylic acids is 2. The summed E-state index contributed by atoms with van der Waals surface area (Å²) in [6.07, 6.45) is -0.724. The fraction of sp³-hybridized carbons (Fsp3) is 0.750. The van der Waals surface area contributed by atoms with Crippen molar-refractivity contribution in [3.63, 3.8) is 0 Å². The average molecular weight is 190 g/mol. The monoisotopic (exact) mass is 190 g/mol. The molecule has 0 N–H and O–H groups in total. The maximum absolute atomic E-state index is 12.9. The number of rotatable bonds is 0. The Labute approximate surface area is 73.0 Å². The topological polar surface area (TPSA) is 43.4 Å². The lowest BCUT2D eigenvalue weighted by atomic mass is 9.77. The highest BCUT2D eigenvalue weighted by atomic mass is 19.3. The zero-order chi connectivity index (χ0) is 9.64. The van der Waals surface area contributed by atoms with E-state index < -0.39 is 42.5 Å². The fourth-order valence-corrected chi connectivity index (χ4v) is 1.94. The summed E-state index contributed by atoms with van der Waals surface area (Å²) in [6.45, 7) is 0. The molecule has 0 aromatic rings. The molecule has 2 bridgehead atoms. The van der Waals surface area contributed by atoms with E-state index in [0.29, 0.717) is 0 Å². The lowest BCUT2D eigenvalue weighted by Crippen LogP contribution is -2.44. The van der Waals surface area contributed by atoms with Crippen LogP contribution in [0.2, 0.25) is 0 Å². The standard InChI is InChI=1S/C8H8F2O3/c9-8(10)2-4-1-5(3-8)7(12)13-6(4)11/h4-5H,1-3H2. The molecule has 2 unspecified atom stereocenters. The molecule has 1 aliphatic carbocycles. The van der Waals surface area contributed by atoms with Gasteiger partial charge < -0.3 is 4.74 Å². The maximum Gasteiger partial charge on any atom is 0.316 e. The van der Waals surface area contributed by atoms with Gasteiger partial charge in [0.25, 0.3) is 0 Å². The Kier molecular flexibility index (Phi) is 1.65. The number of esters is 2. The van der Waals surface area contributed by atoms with Crippen molar-refractivity contribution in [2.75, 3.05) is 0 Å². The first kappa shape index (κ1) is 8.59. The third-order valence-corrected chi connectivity index (χ3v) is 2.53. The lowest BCUT2D eigenvalue weighted by molar-refractivity contribution is -0.186. The van der Waals surface area contributed by atoms with Crippen LogP contribution in [0, 0.1) is 11.8 Å². The summed E-state index contributed by atoms with van der Waals surface area (Å²) in [6, 6.07) is 0. The number of carbonyl (C=O) groups is 2. The molecule has 0 aromatic carbocycles. The van der Waals surface area contributed by atoms with Crippen LogP contribution in [0.5, 0.6) is 0 Å². The van der Waals surface area contributed by atoms with Gasteiger partial charge >= 0.3 is 11.9 Å². The SMILES string of the molecule is O=C1OC(=O)C2CC1CC(F)(F)C2. The van der Waals surface area contributed by atoms with Gasteiger partial charge in [0.1, 0.15) is 0 Å². The number of hydrogen-bond acceptors (Lipinski definition) is 3. The van der Waals surface area contributed by atoms with Gasteiger partial charge in [0.05, 0.1) is 11.8 Å². The van der Waals surface area contributed by atoms with Crippen LogP contribution in [-0.4, -0.2) is 17.9 Å². The van der Waals surface area contributed by atoms with E-state index in [1.165, 1.54) is 0 Å². The minimum Gasteiger partial charge on any atom is -0.393 e. The van der Waals surface area contributed by atoms with Crippen molar-refractivity contribution >= 4 is 11.9 Å². The second-order valence-corrected chi connectivity index (χ2v) is 3.63. The maximum atomic E-state index is 12.9. The number of ether oxygens (including phenoxy) is 1. The van der Waals surface area contributed by atoms with Gasteiger partial charge in [-0.2, -0.15) is 0 Å². The number of fused-ring (bicyclic) bond motifs is 2. The quantitative estimate of drug-likeness (QED) is 0.424. The Hall–Kier alpha value is -1.00. The van der Waals surface area contributed by atoms with E-state index in [1.807, 2.05) is 0 Å². The molecular weight excluding hydrogens is 182 g/mol. The summed E-state index contributed by atoms with van der Waals surface area (Å²) in [7, 11) is 0. The molecule has 3 nitrogen and oxygen atoms in total. The van der Waals surface area contributed by atoms with Crippen LogP contribution in [0.1, 0.15) is 19.3 Å². The Bertz CT molecular complexity index is 251. The van der Waals surface area contributed by atoms with Crippen LogP contribution in [0.15, 0.2) is 0 Å². The van der Waals surface area contributed by atoms with E-state index in [1.54, 1.807) is 0 Å².